The third kappa shape index (κ3) is 5.42. The molecule has 3 aromatic rings. The lowest BCUT2D eigenvalue weighted by molar-refractivity contribution is -0.129. The summed E-state index contributed by atoms with van der Waals surface area (Å²) in [6.07, 6.45) is 1.66. The van der Waals surface area contributed by atoms with Crippen LogP contribution in [-0.2, 0) is 9.53 Å². The van der Waals surface area contributed by atoms with Gasteiger partial charge in [0.2, 0.25) is 5.90 Å². The maximum absolute atomic E-state index is 12.4. The Balaban J connectivity index is 1.60. The number of cyclic esters (lactones) is 1. The lowest BCUT2D eigenvalue weighted by Crippen LogP contribution is -2.10. The molecule has 9 heteroatoms. The zero-order chi connectivity index (χ0) is 22.8. The maximum atomic E-state index is 12.4. The van der Waals surface area contributed by atoms with Crippen molar-refractivity contribution >= 4 is 108 Å². The fraction of sp³-hybridized carbons (Fsp3) is 0. The maximum Gasteiger partial charge on any atom is 0.363 e. The molecule has 1 heterocycles. The van der Waals surface area contributed by atoms with Crippen LogP contribution in [0.5, 0.6) is 5.75 Å². The van der Waals surface area contributed by atoms with Crippen molar-refractivity contribution in [3.63, 3.8) is 0 Å². The first kappa shape index (κ1) is 23.8. The molecule has 0 spiro atoms. The molecule has 0 aliphatic carbocycles. The molecule has 0 unspecified atom stereocenters. The van der Waals surface area contributed by atoms with Gasteiger partial charge in [-0.1, -0.05) is 18.2 Å². The second kappa shape index (κ2) is 10.3. The van der Waals surface area contributed by atoms with Gasteiger partial charge in [-0.05, 0) is 138 Å². The van der Waals surface area contributed by atoms with E-state index in [0.717, 1.165) is 20.7 Å². The highest BCUT2D eigenvalue weighted by Crippen LogP contribution is 2.31. The minimum absolute atomic E-state index is 0.204. The monoisotopic (exact) mass is 825 g/mol. The SMILES string of the molecule is O=C1OC(c2ccc(I)c(Br)c2)=N/C1=C\c1cc(I)c(OC(=O)c2ccccc2)c(I)c1. The molecule has 0 saturated heterocycles. The molecule has 0 bridgehead atoms. The Morgan fingerprint density at radius 2 is 1.66 bits per heavy atom. The summed E-state index contributed by atoms with van der Waals surface area (Å²) in [5.41, 5.74) is 2.14. The molecule has 160 valence electrons. The van der Waals surface area contributed by atoms with E-state index in [9.17, 15) is 9.59 Å². The Bertz CT molecular complexity index is 1280. The molecule has 0 radical (unpaired) electrons. The van der Waals surface area contributed by atoms with Crippen molar-refractivity contribution in [2.45, 2.75) is 0 Å². The van der Waals surface area contributed by atoms with E-state index in [2.05, 4.69) is 88.7 Å². The fourth-order valence-corrected chi connectivity index (χ4v) is 5.56. The van der Waals surface area contributed by atoms with Crippen LogP contribution in [0.3, 0.4) is 0 Å². The van der Waals surface area contributed by atoms with Crippen LogP contribution in [-0.4, -0.2) is 17.8 Å². The quantitative estimate of drug-likeness (QED) is 0.125. The first-order valence-electron chi connectivity index (χ1n) is 9.06. The number of hydrogen-bond acceptors (Lipinski definition) is 5. The van der Waals surface area contributed by atoms with Crippen LogP contribution >= 0.6 is 83.7 Å². The van der Waals surface area contributed by atoms with Gasteiger partial charge >= 0.3 is 11.9 Å². The van der Waals surface area contributed by atoms with Crippen LogP contribution in [0.15, 0.2) is 75.8 Å². The van der Waals surface area contributed by atoms with Gasteiger partial charge in [0.05, 0.1) is 12.7 Å². The predicted molar refractivity (Wildman–Crippen MR) is 151 cm³/mol. The number of ether oxygens (including phenoxy) is 2. The van der Waals surface area contributed by atoms with Crippen LogP contribution in [0.25, 0.3) is 6.08 Å². The molecule has 0 aromatic heterocycles. The fourth-order valence-electron chi connectivity index (χ4n) is 2.81. The van der Waals surface area contributed by atoms with E-state index in [-0.39, 0.29) is 11.6 Å². The zero-order valence-electron chi connectivity index (χ0n) is 15.9. The molecule has 0 amide bonds. The number of aliphatic imine (C=N–C) groups is 1. The van der Waals surface area contributed by atoms with Crippen molar-refractivity contribution in [3.8, 4) is 5.75 Å². The molecule has 0 atom stereocenters. The summed E-state index contributed by atoms with van der Waals surface area (Å²) in [5, 5.41) is 0. The Labute approximate surface area is 233 Å². The Kier molecular flexibility index (Phi) is 7.67. The Hall–Kier alpha value is -1.32. The van der Waals surface area contributed by atoms with E-state index in [1.807, 2.05) is 36.4 Å². The topological polar surface area (TPSA) is 65.0 Å². The van der Waals surface area contributed by atoms with Gasteiger partial charge in [0, 0.05) is 13.6 Å². The smallest absolute Gasteiger partial charge is 0.363 e. The Morgan fingerprint density at radius 1 is 0.969 bits per heavy atom. The second-order valence-electron chi connectivity index (χ2n) is 6.53. The number of benzene rings is 3. The predicted octanol–water partition coefficient (Wildman–Crippen LogP) is 6.83. The second-order valence-corrected chi connectivity index (χ2v) is 10.9. The summed E-state index contributed by atoms with van der Waals surface area (Å²) >= 11 is 9.90. The number of esters is 2. The highest BCUT2D eigenvalue weighted by molar-refractivity contribution is 14.1. The summed E-state index contributed by atoms with van der Waals surface area (Å²) in [6.45, 7) is 0. The van der Waals surface area contributed by atoms with Crippen molar-refractivity contribution in [3.05, 3.63) is 98.2 Å². The number of halogens is 4. The lowest BCUT2D eigenvalue weighted by atomic mass is 10.2. The summed E-state index contributed by atoms with van der Waals surface area (Å²) < 4.78 is 14.4. The largest absolute Gasteiger partial charge is 0.421 e. The first-order valence-corrected chi connectivity index (χ1v) is 13.1. The van der Waals surface area contributed by atoms with Crippen LogP contribution in [0.4, 0.5) is 0 Å². The van der Waals surface area contributed by atoms with Crippen molar-refractivity contribution in [2.24, 2.45) is 4.99 Å². The van der Waals surface area contributed by atoms with Gasteiger partial charge in [0.15, 0.2) is 11.4 Å². The van der Waals surface area contributed by atoms with Gasteiger partial charge in [-0.15, -0.1) is 0 Å². The molecule has 1 aliphatic heterocycles. The number of nitrogens with zero attached hydrogens (tertiary/aromatic N) is 1. The lowest BCUT2D eigenvalue weighted by Gasteiger charge is -2.10. The molecule has 0 saturated carbocycles. The third-order valence-corrected chi connectivity index (χ3v) is 8.26. The van der Waals surface area contributed by atoms with Gasteiger partial charge in [-0.2, -0.15) is 0 Å². The molecule has 4 rings (SSSR count). The Morgan fingerprint density at radius 3 is 2.31 bits per heavy atom. The standard InChI is InChI=1S/C23H11BrI3NO4/c24-15-11-14(6-7-16(15)25)21-28-19(23(30)32-21)10-12-8-17(26)20(18(27)9-12)31-22(29)13-4-2-1-3-5-13/h1-11H/b19-10-. The molecule has 1 aliphatic rings. The number of carbonyl (C=O) groups is 2. The number of carbonyl (C=O) groups excluding carboxylic acids is 2. The molecule has 5 nitrogen and oxygen atoms in total. The van der Waals surface area contributed by atoms with Gasteiger partial charge in [0.25, 0.3) is 0 Å². The average molecular weight is 826 g/mol. The molecule has 32 heavy (non-hydrogen) atoms. The van der Waals surface area contributed by atoms with Gasteiger partial charge in [0.1, 0.15) is 0 Å². The highest BCUT2D eigenvalue weighted by Gasteiger charge is 2.25. The average Bonchev–Trinajstić information content (AvgIpc) is 3.13. The third-order valence-electron chi connectivity index (χ3n) is 4.32. The van der Waals surface area contributed by atoms with Crippen LogP contribution in [0, 0.1) is 10.7 Å². The summed E-state index contributed by atoms with van der Waals surface area (Å²) in [4.78, 5) is 29.1. The van der Waals surface area contributed by atoms with E-state index in [4.69, 9.17) is 9.47 Å². The number of hydrogen-bond donors (Lipinski definition) is 0. The van der Waals surface area contributed by atoms with E-state index in [1.165, 1.54) is 0 Å². The van der Waals surface area contributed by atoms with E-state index in [1.54, 1.807) is 30.3 Å². The molecule has 0 N–H and O–H groups in total. The summed E-state index contributed by atoms with van der Waals surface area (Å²) in [6, 6.07) is 18.1. The van der Waals surface area contributed by atoms with Crippen LogP contribution in [0.1, 0.15) is 21.5 Å². The highest BCUT2D eigenvalue weighted by atomic mass is 127. The summed E-state index contributed by atoms with van der Waals surface area (Å²) in [7, 11) is 0. The van der Waals surface area contributed by atoms with Crippen molar-refractivity contribution in [2.75, 3.05) is 0 Å². The van der Waals surface area contributed by atoms with E-state index in [0.29, 0.717) is 16.9 Å². The zero-order valence-corrected chi connectivity index (χ0v) is 24.0. The molecule has 3 aromatic carbocycles. The number of rotatable bonds is 4. The van der Waals surface area contributed by atoms with E-state index >= 15 is 0 Å². The van der Waals surface area contributed by atoms with Crippen molar-refractivity contribution < 1.29 is 19.1 Å². The molecule has 0 fully saturated rings. The minimum Gasteiger partial charge on any atom is -0.421 e. The van der Waals surface area contributed by atoms with Crippen molar-refractivity contribution in [1.82, 2.24) is 0 Å². The van der Waals surface area contributed by atoms with E-state index < -0.39 is 11.9 Å². The van der Waals surface area contributed by atoms with Crippen LogP contribution < -0.4 is 4.74 Å². The normalized spacial score (nSPS) is 14.3. The van der Waals surface area contributed by atoms with Gasteiger partial charge in [-0.3, -0.25) is 0 Å². The molecular formula is C23H11BrI3NO4. The summed E-state index contributed by atoms with van der Waals surface area (Å²) in [5.74, 6) is -0.204. The molecular weight excluding hydrogens is 815 g/mol. The van der Waals surface area contributed by atoms with Gasteiger partial charge < -0.3 is 9.47 Å². The van der Waals surface area contributed by atoms with Gasteiger partial charge in [-0.25, -0.2) is 14.6 Å². The van der Waals surface area contributed by atoms with Crippen molar-refractivity contribution in [1.29, 1.82) is 0 Å². The minimum atomic E-state index is -0.515. The van der Waals surface area contributed by atoms with Crippen LogP contribution in [0.2, 0.25) is 0 Å². The first-order chi connectivity index (χ1) is 15.3.